The van der Waals surface area contributed by atoms with Gasteiger partial charge < -0.3 is 10.1 Å². The highest BCUT2D eigenvalue weighted by atomic mass is 16.6. The van der Waals surface area contributed by atoms with Gasteiger partial charge in [0.15, 0.2) is 0 Å². The fraction of sp³-hybridized carbons (Fsp3) is 0.125. The highest BCUT2D eigenvalue weighted by Crippen LogP contribution is 2.20. The number of hydrogen-bond acceptors (Lipinski definition) is 5. The summed E-state index contributed by atoms with van der Waals surface area (Å²) in [5.41, 5.74) is 1.19. The summed E-state index contributed by atoms with van der Waals surface area (Å²) in [6, 6.07) is 10.4. The maximum absolute atomic E-state index is 12.2. The number of aryl methyl sites for hydroxylation is 1. The largest absolute Gasteiger partial charge is 0.465 e. The molecule has 0 radical (unpaired) electrons. The summed E-state index contributed by atoms with van der Waals surface area (Å²) in [5, 5.41) is 13.5. The highest BCUT2D eigenvalue weighted by molar-refractivity contribution is 6.05. The normalized spacial score (nSPS) is 10.0. The molecule has 0 spiro atoms. The van der Waals surface area contributed by atoms with E-state index >= 15 is 0 Å². The number of hydrogen-bond donors (Lipinski definition) is 1. The van der Waals surface area contributed by atoms with Crippen LogP contribution in [0.5, 0.6) is 0 Å². The molecule has 1 N–H and O–H groups in total. The summed E-state index contributed by atoms with van der Waals surface area (Å²) < 4.78 is 4.61. The number of ether oxygens (including phenoxy) is 1. The van der Waals surface area contributed by atoms with Crippen molar-refractivity contribution in [2.24, 2.45) is 0 Å². The average molecular weight is 314 g/mol. The van der Waals surface area contributed by atoms with Crippen molar-refractivity contribution in [1.29, 1.82) is 0 Å². The third-order valence-electron chi connectivity index (χ3n) is 3.21. The second-order valence-electron chi connectivity index (χ2n) is 4.78. The molecule has 118 valence electrons. The minimum atomic E-state index is -0.538. The van der Waals surface area contributed by atoms with Crippen LogP contribution in [-0.4, -0.2) is 23.9 Å². The van der Waals surface area contributed by atoms with Crippen molar-refractivity contribution in [1.82, 2.24) is 0 Å². The van der Waals surface area contributed by atoms with Crippen LogP contribution in [0.3, 0.4) is 0 Å². The van der Waals surface area contributed by atoms with E-state index in [0.717, 1.165) is 0 Å². The molecular weight excluding hydrogens is 300 g/mol. The number of methoxy groups -OCH3 is 1. The number of nitro benzene ring substituents is 1. The van der Waals surface area contributed by atoms with Crippen molar-refractivity contribution in [2.45, 2.75) is 6.92 Å². The minimum Gasteiger partial charge on any atom is -0.465 e. The van der Waals surface area contributed by atoms with Crippen molar-refractivity contribution in [3.8, 4) is 0 Å². The van der Waals surface area contributed by atoms with Gasteiger partial charge in [-0.3, -0.25) is 14.9 Å². The molecule has 2 aromatic carbocycles. The Hall–Kier alpha value is -3.22. The van der Waals surface area contributed by atoms with Gasteiger partial charge in [-0.1, -0.05) is 12.1 Å². The lowest BCUT2D eigenvalue weighted by molar-refractivity contribution is -0.385. The van der Waals surface area contributed by atoms with Gasteiger partial charge in [0.05, 0.1) is 17.6 Å². The van der Waals surface area contributed by atoms with E-state index in [2.05, 4.69) is 10.1 Å². The average Bonchev–Trinajstić information content (AvgIpc) is 2.54. The smallest absolute Gasteiger partial charge is 0.337 e. The Morgan fingerprint density at radius 1 is 1.13 bits per heavy atom. The number of amides is 1. The van der Waals surface area contributed by atoms with E-state index in [0.29, 0.717) is 16.8 Å². The van der Waals surface area contributed by atoms with Crippen molar-refractivity contribution in [2.75, 3.05) is 12.4 Å². The number of nitro groups is 1. The maximum Gasteiger partial charge on any atom is 0.337 e. The van der Waals surface area contributed by atoms with Crippen LogP contribution in [0.1, 0.15) is 26.3 Å². The van der Waals surface area contributed by atoms with Crippen LogP contribution >= 0.6 is 0 Å². The molecule has 0 unspecified atom stereocenters. The third-order valence-corrected chi connectivity index (χ3v) is 3.21. The molecule has 0 fully saturated rings. The topological polar surface area (TPSA) is 98.5 Å². The summed E-state index contributed by atoms with van der Waals surface area (Å²) in [4.78, 5) is 34.1. The van der Waals surface area contributed by atoms with E-state index in [-0.39, 0.29) is 11.3 Å². The molecule has 0 aromatic heterocycles. The Kier molecular flexibility index (Phi) is 4.70. The van der Waals surface area contributed by atoms with Gasteiger partial charge in [0.25, 0.3) is 11.6 Å². The van der Waals surface area contributed by atoms with Crippen LogP contribution in [-0.2, 0) is 4.74 Å². The number of anilines is 1. The fourth-order valence-electron chi connectivity index (χ4n) is 1.99. The molecule has 7 nitrogen and oxygen atoms in total. The molecule has 7 heteroatoms. The SMILES string of the molecule is COC(=O)c1cccc(NC(=O)c2ccc(C)c([N+](=O)[O-])c2)c1. The molecule has 0 bridgehead atoms. The first-order valence-electron chi connectivity index (χ1n) is 6.67. The standard InChI is InChI=1S/C16H14N2O5/c1-10-6-7-11(9-14(10)18(21)22)15(19)17-13-5-3-4-12(8-13)16(20)23-2/h3-9H,1-2H3,(H,17,19). The van der Waals surface area contributed by atoms with Gasteiger partial charge in [-0.25, -0.2) is 4.79 Å². The molecule has 0 aliphatic rings. The zero-order valence-electron chi connectivity index (χ0n) is 12.5. The van der Waals surface area contributed by atoms with Crippen LogP contribution in [0.4, 0.5) is 11.4 Å². The number of nitrogens with zero attached hydrogens (tertiary/aromatic N) is 1. The second kappa shape index (κ2) is 6.69. The molecule has 0 heterocycles. The summed E-state index contributed by atoms with van der Waals surface area (Å²) in [6.07, 6.45) is 0. The first-order valence-corrected chi connectivity index (χ1v) is 6.67. The van der Waals surface area contributed by atoms with Crippen molar-refractivity contribution in [3.05, 3.63) is 69.3 Å². The Morgan fingerprint density at radius 2 is 1.87 bits per heavy atom. The first kappa shape index (κ1) is 16.2. The molecule has 0 aliphatic heterocycles. The van der Waals surface area contributed by atoms with E-state index in [1.54, 1.807) is 25.1 Å². The monoisotopic (exact) mass is 314 g/mol. The number of nitrogens with one attached hydrogen (secondary N) is 1. The molecule has 0 saturated carbocycles. The predicted octanol–water partition coefficient (Wildman–Crippen LogP) is 2.94. The lowest BCUT2D eigenvalue weighted by Gasteiger charge is -2.07. The van der Waals surface area contributed by atoms with Gasteiger partial charge in [0, 0.05) is 22.9 Å². The lowest BCUT2D eigenvalue weighted by Crippen LogP contribution is -2.13. The van der Waals surface area contributed by atoms with E-state index in [4.69, 9.17) is 0 Å². The Morgan fingerprint density at radius 3 is 2.52 bits per heavy atom. The van der Waals surface area contributed by atoms with Crippen LogP contribution < -0.4 is 5.32 Å². The summed E-state index contributed by atoms with van der Waals surface area (Å²) in [6.45, 7) is 1.60. The molecule has 1 amide bonds. The molecule has 0 saturated heterocycles. The molecule has 23 heavy (non-hydrogen) atoms. The Labute approximate surface area is 132 Å². The minimum absolute atomic E-state index is 0.124. The summed E-state index contributed by atoms with van der Waals surface area (Å²) in [7, 11) is 1.26. The van der Waals surface area contributed by atoms with E-state index in [1.165, 1.54) is 31.4 Å². The van der Waals surface area contributed by atoms with Gasteiger partial charge in [-0.2, -0.15) is 0 Å². The van der Waals surface area contributed by atoms with Crippen molar-refractivity contribution in [3.63, 3.8) is 0 Å². The first-order chi connectivity index (χ1) is 10.9. The molecule has 0 aliphatic carbocycles. The molecule has 2 rings (SSSR count). The van der Waals surface area contributed by atoms with Gasteiger partial charge in [-0.15, -0.1) is 0 Å². The summed E-state index contributed by atoms with van der Waals surface area (Å²) >= 11 is 0. The van der Waals surface area contributed by atoms with Crippen molar-refractivity contribution < 1.29 is 19.2 Å². The maximum atomic E-state index is 12.2. The van der Waals surface area contributed by atoms with E-state index in [9.17, 15) is 19.7 Å². The highest BCUT2D eigenvalue weighted by Gasteiger charge is 2.15. The Balaban J connectivity index is 2.24. The zero-order valence-corrected chi connectivity index (χ0v) is 12.5. The van der Waals surface area contributed by atoms with Gasteiger partial charge in [0.2, 0.25) is 0 Å². The van der Waals surface area contributed by atoms with Gasteiger partial charge in [0.1, 0.15) is 0 Å². The van der Waals surface area contributed by atoms with Crippen LogP contribution in [0.25, 0.3) is 0 Å². The third kappa shape index (κ3) is 3.70. The van der Waals surface area contributed by atoms with Crippen LogP contribution in [0.2, 0.25) is 0 Å². The van der Waals surface area contributed by atoms with Crippen LogP contribution in [0.15, 0.2) is 42.5 Å². The predicted molar refractivity (Wildman–Crippen MR) is 83.6 cm³/mol. The fourth-order valence-corrected chi connectivity index (χ4v) is 1.99. The lowest BCUT2D eigenvalue weighted by atomic mass is 10.1. The van der Waals surface area contributed by atoms with Crippen LogP contribution in [0, 0.1) is 17.0 Å². The number of rotatable bonds is 4. The van der Waals surface area contributed by atoms with Gasteiger partial charge in [-0.05, 0) is 31.2 Å². The quantitative estimate of drug-likeness (QED) is 0.531. The van der Waals surface area contributed by atoms with Crippen molar-refractivity contribution >= 4 is 23.3 Å². The Bertz CT molecular complexity index is 786. The number of carbonyl (C=O) groups excluding carboxylic acids is 2. The summed E-state index contributed by atoms with van der Waals surface area (Å²) in [5.74, 6) is -1.03. The molecule has 0 atom stereocenters. The van der Waals surface area contributed by atoms with Gasteiger partial charge >= 0.3 is 5.97 Å². The number of carbonyl (C=O) groups is 2. The molecule has 2 aromatic rings. The second-order valence-corrected chi connectivity index (χ2v) is 4.78. The number of esters is 1. The van der Waals surface area contributed by atoms with E-state index in [1.807, 2.05) is 0 Å². The number of benzene rings is 2. The van der Waals surface area contributed by atoms with E-state index < -0.39 is 16.8 Å². The zero-order chi connectivity index (χ0) is 17.0. The molecular formula is C16H14N2O5.